The number of carbonyl (C=O) groups excluding carboxylic acids is 1. The van der Waals surface area contributed by atoms with Crippen LogP contribution in [-0.4, -0.2) is 52.8 Å². The van der Waals surface area contributed by atoms with Gasteiger partial charge in [-0.25, -0.2) is 4.79 Å². The summed E-state index contributed by atoms with van der Waals surface area (Å²) >= 11 is 0. The molecule has 0 bridgehead atoms. The Morgan fingerprint density at radius 3 is 2.39 bits per heavy atom. The van der Waals surface area contributed by atoms with E-state index in [2.05, 4.69) is 12.1 Å². The summed E-state index contributed by atoms with van der Waals surface area (Å²) in [6, 6.07) is 13.2. The van der Waals surface area contributed by atoms with E-state index in [9.17, 15) is 19.8 Å². The molecule has 0 atom stereocenters. The van der Waals surface area contributed by atoms with E-state index in [-0.39, 0.29) is 16.9 Å². The van der Waals surface area contributed by atoms with Gasteiger partial charge in [0.25, 0.3) is 5.91 Å². The molecule has 31 heavy (non-hydrogen) atoms. The Morgan fingerprint density at radius 1 is 1.06 bits per heavy atom. The Hall–Kier alpha value is -2.86. The van der Waals surface area contributed by atoms with E-state index >= 15 is 0 Å². The van der Waals surface area contributed by atoms with E-state index in [0.717, 1.165) is 43.5 Å². The van der Waals surface area contributed by atoms with Crippen LogP contribution in [0, 0.1) is 5.41 Å². The average Bonchev–Trinajstić information content (AvgIpc) is 3.35. The van der Waals surface area contributed by atoms with Crippen molar-refractivity contribution in [2.45, 2.75) is 43.6 Å². The molecule has 2 aromatic rings. The van der Waals surface area contributed by atoms with E-state index in [4.69, 9.17) is 4.74 Å². The first-order chi connectivity index (χ1) is 14.8. The number of aliphatic hydroxyl groups is 1. The molecule has 162 valence electrons. The zero-order chi connectivity index (χ0) is 21.8. The fourth-order valence-corrected chi connectivity index (χ4v) is 5.29. The first kappa shape index (κ1) is 20.1. The summed E-state index contributed by atoms with van der Waals surface area (Å²) in [5.74, 6) is 0.0849. The fourth-order valence-electron chi connectivity index (χ4n) is 5.29. The molecule has 6 nitrogen and oxygen atoms in total. The Labute approximate surface area is 181 Å². The van der Waals surface area contributed by atoms with Crippen molar-refractivity contribution in [1.29, 1.82) is 0 Å². The van der Waals surface area contributed by atoms with Crippen molar-refractivity contribution < 1.29 is 24.5 Å². The minimum atomic E-state index is -1.07. The van der Waals surface area contributed by atoms with Crippen LogP contribution in [0.1, 0.15) is 53.9 Å². The molecule has 1 amide bonds. The smallest absolute Gasteiger partial charge is 0.335 e. The molecule has 0 unspecified atom stereocenters. The van der Waals surface area contributed by atoms with Crippen LogP contribution in [-0.2, 0) is 4.79 Å². The zero-order valence-corrected chi connectivity index (χ0v) is 17.6. The van der Waals surface area contributed by atoms with Crippen LogP contribution in [0.25, 0.3) is 11.1 Å². The van der Waals surface area contributed by atoms with Crippen LogP contribution in [0.15, 0.2) is 42.5 Å². The number of carbonyl (C=O) groups is 2. The summed E-state index contributed by atoms with van der Waals surface area (Å²) in [6.07, 6.45) is 4.34. The maximum absolute atomic E-state index is 12.4. The van der Waals surface area contributed by atoms with Crippen LogP contribution < -0.4 is 4.74 Å². The van der Waals surface area contributed by atoms with E-state index in [1.165, 1.54) is 5.56 Å². The number of likely N-dealkylation sites (tertiary alicyclic amines) is 1. The molecule has 3 aliphatic rings. The van der Waals surface area contributed by atoms with E-state index in [0.29, 0.717) is 24.5 Å². The van der Waals surface area contributed by atoms with Crippen molar-refractivity contribution in [2.24, 2.45) is 5.41 Å². The van der Waals surface area contributed by atoms with E-state index < -0.39 is 11.6 Å². The number of methoxy groups -OCH3 is 1. The van der Waals surface area contributed by atoms with Crippen LogP contribution >= 0.6 is 0 Å². The lowest BCUT2D eigenvalue weighted by molar-refractivity contribution is -0.142. The molecule has 6 heteroatoms. The molecule has 2 aliphatic carbocycles. The summed E-state index contributed by atoms with van der Waals surface area (Å²) < 4.78 is 5.42. The van der Waals surface area contributed by atoms with Crippen LogP contribution in [0.2, 0.25) is 0 Å². The molecule has 1 spiro atoms. The van der Waals surface area contributed by atoms with Gasteiger partial charge in [0.1, 0.15) is 11.4 Å². The van der Waals surface area contributed by atoms with Crippen molar-refractivity contribution in [3.8, 4) is 16.9 Å². The molecule has 2 aromatic carbocycles. The Bertz CT molecular complexity index is 1030. The number of hydrogen-bond donors (Lipinski definition) is 2. The number of carboxylic acids is 1. The lowest BCUT2D eigenvalue weighted by atomic mass is 9.59. The minimum Gasteiger partial charge on any atom is -0.496 e. The van der Waals surface area contributed by atoms with Gasteiger partial charge in [-0.15, -0.1) is 0 Å². The van der Waals surface area contributed by atoms with Gasteiger partial charge < -0.3 is 19.8 Å². The van der Waals surface area contributed by atoms with Crippen molar-refractivity contribution in [2.75, 3.05) is 20.2 Å². The Morgan fingerprint density at radius 2 is 1.77 bits per heavy atom. The third kappa shape index (κ3) is 3.49. The highest BCUT2D eigenvalue weighted by molar-refractivity contribution is 5.90. The van der Waals surface area contributed by atoms with Gasteiger partial charge in [0, 0.05) is 18.7 Å². The first-order valence-electron chi connectivity index (χ1n) is 10.9. The molecular formula is C25H27NO5. The lowest BCUT2D eigenvalue weighted by Gasteiger charge is -2.45. The SMILES string of the molecule is COc1ccc(C(=O)O)cc1-c1ccc(C2CC3(CCN(C(=O)C4(O)CC4)C3)C2)cc1. The van der Waals surface area contributed by atoms with Gasteiger partial charge in [0.15, 0.2) is 0 Å². The van der Waals surface area contributed by atoms with Crippen molar-refractivity contribution in [3.63, 3.8) is 0 Å². The maximum Gasteiger partial charge on any atom is 0.335 e. The predicted molar refractivity (Wildman–Crippen MR) is 115 cm³/mol. The first-order valence-corrected chi connectivity index (χ1v) is 10.9. The van der Waals surface area contributed by atoms with Gasteiger partial charge in [-0.1, -0.05) is 24.3 Å². The van der Waals surface area contributed by atoms with Crippen LogP contribution in [0.3, 0.4) is 0 Å². The number of nitrogens with zero attached hydrogens (tertiary/aromatic N) is 1. The van der Waals surface area contributed by atoms with Gasteiger partial charge in [-0.2, -0.15) is 0 Å². The summed E-state index contributed by atoms with van der Waals surface area (Å²) in [5, 5.41) is 19.4. The highest BCUT2D eigenvalue weighted by Gasteiger charge is 2.55. The number of carboxylic acid groups (broad SMARTS) is 1. The van der Waals surface area contributed by atoms with Gasteiger partial charge in [0.2, 0.25) is 0 Å². The molecule has 3 fully saturated rings. The standard InChI is InChI=1S/C25H27NO5/c1-31-21-7-6-18(22(27)28)12-20(21)17-4-2-16(3-5-17)19-13-24(14-19)10-11-26(15-24)23(29)25(30)8-9-25/h2-7,12,19,30H,8-11,13-15H2,1H3,(H,27,28). The normalized spacial score (nSPS) is 25.9. The second-order valence-electron chi connectivity index (χ2n) is 9.46. The quantitative estimate of drug-likeness (QED) is 0.769. The molecule has 2 saturated carbocycles. The summed E-state index contributed by atoms with van der Waals surface area (Å²) in [5.41, 5.74) is 2.33. The third-order valence-electron chi connectivity index (χ3n) is 7.35. The highest BCUT2D eigenvalue weighted by atomic mass is 16.5. The topological polar surface area (TPSA) is 87.1 Å². The second-order valence-corrected chi connectivity index (χ2v) is 9.46. The van der Waals surface area contributed by atoms with Crippen molar-refractivity contribution in [1.82, 2.24) is 4.90 Å². The predicted octanol–water partition coefficient (Wildman–Crippen LogP) is 3.68. The molecule has 1 saturated heterocycles. The lowest BCUT2D eigenvalue weighted by Crippen LogP contribution is -2.43. The molecule has 1 heterocycles. The molecule has 2 N–H and O–H groups in total. The minimum absolute atomic E-state index is 0.0743. The fraction of sp³-hybridized carbons (Fsp3) is 0.440. The Balaban J connectivity index is 1.27. The number of ether oxygens (including phenoxy) is 1. The number of hydrogen-bond acceptors (Lipinski definition) is 4. The number of amides is 1. The monoisotopic (exact) mass is 421 g/mol. The number of benzene rings is 2. The third-order valence-corrected chi connectivity index (χ3v) is 7.35. The average molecular weight is 421 g/mol. The van der Waals surface area contributed by atoms with Crippen LogP contribution in [0.5, 0.6) is 5.75 Å². The molecule has 5 rings (SSSR count). The molecule has 1 aliphatic heterocycles. The van der Waals surface area contributed by atoms with E-state index in [1.54, 1.807) is 25.3 Å². The summed E-state index contributed by atoms with van der Waals surface area (Å²) in [6.45, 7) is 1.52. The zero-order valence-electron chi connectivity index (χ0n) is 17.6. The van der Waals surface area contributed by atoms with Crippen molar-refractivity contribution >= 4 is 11.9 Å². The highest BCUT2D eigenvalue weighted by Crippen LogP contribution is 2.56. The maximum atomic E-state index is 12.4. The summed E-state index contributed by atoms with van der Waals surface area (Å²) in [7, 11) is 1.58. The molecule has 0 radical (unpaired) electrons. The number of aromatic carboxylic acids is 1. The van der Waals surface area contributed by atoms with Gasteiger partial charge in [-0.3, -0.25) is 4.79 Å². The number of rotatable bonds is 5. The van der Waals surface area contributed by atoms with Gasteiger partial charge in [0.05, 0.1) is 12.7 Å². The largest absolute Gasteiger partial charge is 0.496 e. The van der Waals surface area contributed by atoms with Crippen molar-refractivity contribution in [3.05, 3.63) is 53.6 Å². The second kappa shape index (κ2) is 7.09. The van der Waals surface area contributed by atoms with Gasteiger partial charge in [-0.05, 0) is 72.8 Å². The summed E-state index contributed by atoms with van der Waals surface area (Å²) in [4.78, 5) is 25.6. The van der Waals surface area contributed by atoms with E-state index in [1.807, 2.05) is 17.0 Å². The molecular weight excluding hydrogens is 394 g/mol. The molecule has 0 aromatic heterocycles. The van der Waals surface area contributed by atoms with Crippen LogP contribution in [0.4, 0.5) is 0 Å². The van der Waals surface area contributed by atoms with Gasteiger partial charge >= 0.3 is 5.97 Å². The Kier molecular flexibility index (Phi) is 4.59.